The molecule has 3 heteroatoms. The molecule has 0 amide bonds. The predicted molar refractivity (Wildman–Crippen MR) is 79.0 cm³/mol. The Labute approximate surface area is 111 Å². The second kappa shape index (κ2) is 4.35. The topological polar surface area (TPSA) is 44.5 Å². The number of ether oxygens (including phenoxy) is 2. The fourth-order valence-corrected chi connectivity index (χ4v) is 2.52. The third-order valence-corrected chi connectivity index (χ3v) is 3.40. The number of hydrogen-bond donors (Lipinski definition) is 1. The SMILES string of the molecule is COc1cc(N)c2ccc3ccccc3c2c1OC. The minimum atomic E-state index is 0.656. The second-order valence-corrected chi connectivity index (χ2v) is 4.41. The summed E-state index contributed by atoms with van der Waals surface area (Å²) in [5.74, 6) is 1.38. The Balaban J connectivity index is 2.58. The molecule has 0 aliphatic rings. The van der Waals surface area contributed by atoms with E-state index >= 15 is 0 Å². The van der Waals surface area contributed by atoms with Crippen molar-refractivity contribution >= 4 is 27.2 Å². The van der Waals surface area contributed by atoms with Crippen LogP contribution in [0.5, 0.6) is 11.5 Å². The molecule has 0 aromatic heterocycles. The number of nitrogen functional groups attached to an aromatic ring is 1. The van der Waals surface area contributed by atoms with Gasteiger partial charge in [0, 0.05) is 22.5 Å². The van der Waals surface area contributed by atoms with Gasteiger partial charge in [-0.3, -0.25) is 0 Å². The van der Waals surface area contributed by atoms with Crippen LogP contribution in [0.15, 0.2) is 42.5 Å². The van der Waals surface area contributed by atoms with Gasteiger partial charge in [0.25, 0.3) is 0 Å². The van der Waals surface area contributed by atoms with Gasteiger partial charge in [-0.15, -0.1) is 0 Å². The van der Waals surface area contributed by atoms with Gasteiger partial charge in [0.05, 0.1) is 14.2 Å². The molecule has 0 spiro atoms. The van der Waals surface area contributed by atoms with Crippen molar-refractivity contribution in [3.05, 3.63) is 42.5 Å². The Kier molecular flexibility index (Phi) is 2.67. The molecule has 3 aromatic carbocycles. The number of nitrogens with two attached hydrogens (primary N) is 1. The molecule has 0 bridgehead atoms. The average molecular weight is 253 g/mol. The maximum Gasteiger partial charge on any atom is 0.169 e. The normalized spacial score (nSPS) is 10.8. The number of rotatable bonds is 2. The molecule has 0 unspecified atom stereocenters. The Morgan fingerprint density at radius 3 is 2.42 bits per heavy atom. The van der Waals surface area contributed by atoms with E-state index in [2.05, 4.69) is 18.2 Å². The molecule has 2 N–H and O–H groups in total. The van der Waals surface area contributed by atoms with E-state index in [4.69, 9.17) is 15.2 Å². The third kappa shape index (κ3) is 1.66. The van der Waals surface area contributed by atoms with Gasteiger partial charge in [-0.2, -0.15) is 0 Å². The summed E-state index contributed by atoms with van der Waals surface area (Å²) >= 11 is 0. The van der Waals surface area contributed by atoms with Gasteiger partial charge in [-0.1, -0.05) is 36.4 Å². The number of fused-ring (bicyclic) bond motifs is 3. The van der Waals surface area contributed by atoms with Gasteiger partial charge in [-0.25, -0.2) is 0 Å². The molecule has 0 aliphatic heterocycles. The minimum Gasteiger partial charge on any atom is -0.493 e. The summed E-state index contributed by atoms with van der Waals surface area (Å²) < 4.78 is 10.9. The third-order valence-electron chi connectivity index (χ3n) is 3.40. The number of anilines is 1. The lowest BCUT2D eigenvalue weighted by atomic mass is 9.99. The van der Waals surface area contributed by atoms with Gasteiger partial charge in [-0.05, 0) is 10.8 Å². The zero-order chi connectivity index (χ0) is 13.4. The highest BCUT2D eigenvalue weighted by atomic mass is 16.5. The molecule has 0 radical (unpaired) electrons. The standard InChI is InChI=1S/C16H15NO2/c1-18-14-9-13(17)12-8-7-10-5-3-4-6-11(10)15(12)16(14)19-2/h3-9H,17H2,1-2H3. The maximum atomic E-state index is 6.11. The summed E-state index contributed by atoms with van der Waals surface area (Å²) in [5.41, 5.74) is 6.80. The van der Waals surface area contributed by atoms with Crippen LogP contribution in [0.2, 0.25) is 0 Å². The van der Waals surface area contributed by atoms with Gasteiger partial charge in [0.1, 0.15) is 0 Å². The van der Waals surface area contributed by atoms with Crippen molar-refractivity contribution in [2.45, 2.75) is 0 Å². The Morgan fingerprint density at radius 1 is 0.895 bits per heavy atom. The monoisotopic (exact) mass is 253 g/mol. The molecule has 0 heterocycles. The van der Waals surface area contributed by atoms with E-state index in [0.717, 1.165) is 27.3 Å². The first kappa shape index (κ1) is 11.7. The smallest absolute Gasteiger partial charge is 0.169 e. The summed E-state index contributed by atoms with van der Waals surface area (Å²) in [6.45, 7) is 0. The van der Waals surface area contributed by atoms with E-state index in [-0.39, 0.29) is 0 Å². The molecule has 0 atom stereocenters. The molecular formula is C16H15NO2. The zero-order valence-corrected chi connectivity index (χ0v) is 10.9. The van der Waals surface area contributed by atoms with Crippen LogP contribution in [0.4, 0.5) is 5.69 Å². The van der Waals surface area contributed by atoms with E-state index in [9.17, 15) is 0 Å². The summed E-state index contributed by atoms with van der Waals surface area (Å²) in [6, 6.07) is 14.1. The zero-order valence-electron chi connectivity index (χ0n) is 10.9. The van der Waals surface area contributed by atoms with Crippen LogP contribution >= 0.6 is 0 Å². The van der Waals surface area contributed by atoms with Crippen molar-refractivity contribution in [2.24, 2.45) is 0 Å². The van der Waals surface area contributed by atoms with Crippen molar-refractivity contribution in [3.8, 4) is 11.5 Å². The lowest BCUT2D eigenvalue weighted by Crippen LogP contribution is -1.96. The van der Waals surface area contributed by atoms with Crippen LogP contribution in [0.25, 0.3) is 21.5 Å². The number of methoxy groups -OCH3 is 2. The predicted octanol–water partition coefficient (Wildman–Crippen LogP) is 3.59. The molecule has 3 aromatic rings. The number of hydrogen-bond acceptors (Lipinski definition) is 3. The van der Waals surface area contributed by atoms with E-state index in [0.29, 0.717) is 11.4 Å². The molecular weight excluding hydrogens is 238 g/mol. The molecule has 0 saturated heterocycles. The van der Waals surface area contributed by atoms with Crippen molar-refractivity contribution in [3.63, 3.8) is 0 Å². The first-order valence-electron chi connectivity index (χ1n) is 6.08. The molecule has 19 heavy (non-hydrogen) atoms. The van der Waals surface area contributed by atoms with Gasteiger partial charge in [0.2, 0.25) is 0 Å². The van der Waals surface area contributed by atoms with E-state index < -0.39 is 0 Å². The lowest BCUT2D eigenvalue weighted by molar-refractivity contribution is 0.359. The fourth-order valence-electron chi connectivity index (χ4n) is 2.52. The van der Waals surface area contributed by atoms with Crippen molar-refractivity contribution in [2.75, 3.05) is 20.0 Å². The van der Waals surface area contributed by atoms with Crippen LogP contribution in [-0.2, 0) is 0 Å². The van der Waals surface area contributed by atoms with Crippen molar-refractivity contribution in [1.29, 1.82) is 0 Å². The second-order valence-electron chi connectivity index (χ2n) is 4.41. The van der Waals surface area contributed by atoms with Crippen LogP contribution in [0, 0.1) is 0 Å². The van der Waals surface area contributed by atoms with Crippen LogP contribution in [0.3, 0.4) is 0 Å². The van der Waals surface area contributed by atoms with E-state index in [1.807, 2.05) is 18.2 Å². The average Bonchev–Trinajstić information content (AvgIpc) is 2.46. The van der Waals surface area contributed by atoms with Gasteiger partial charge < -0.3 is 15.2 Å². The molecule has 0 saturated carbocycles. The quantitative estimate of drug-likeness (QED) is 0.560. The summed E-state index contributed by atoms with van der Waals surface area (Å²) in [7, 11) is 3.27. The van der Waals surface area contributed by atoms with Gasteiger partial charge in [0.15, 0.2) is 11.5 Å². The molecule has 3 rings (SSSR count). The maximum absolute atomic E-state index is 6.11. The summed E-state index contributed by atoms with van der Waals surface area (Å²) in [4.78, 5) is 0. The first-order valence-corrected chi connectivity index (χ1v) is 6.08. The summed E-state index contributed by atoms with van der Waals surface area (Å²) in [5, 5.41) is 4.25. The molecule has 0 aliphatic carbocycles. The van der Waals surface area contributed by atoms with Gasteiger partial charge >= 0.3 is 0 Å². The number of benzene rings is 3. The molecule has 3 nitrogen and oxygen atoms in total. The Morgan fingerprint density at radius 2 is 1.68 bits per heavy atom. The largest absolute Gasteiger partial charge is 0.493 e. The van der Waals surface area contributed by atoms with E-state index in [1.54, 1.807) is 20.3 Å². The lowest BCUT2D eigenvalue weighted by Gasteiger charge is -2.14. The Bertz CT molecular complexity index is 765. The highest BCUT2D eigenvalue weighted by molar-refractivity contribution is 6.15. The molecule has 96 valence electrons. The van der Waals surface area contributed by atoms with Crippen LogP contribution in [0.1, 0.15) is 0 Å². The van der Waals surface area contributed by atoms with Crippen LogP contribution < -0.4 is 15.2 Å². The molecule has 0 fully saturated rings. The van der Waals surface area contributed by atoms with Crippen molar-refractivity contribution < 1.29 is 9.47 Å². The van der Waals surface area contributed by atoms with E-state index in [1.165, 1.54) is 0 Å². The van der Waals surface area contributed by atoms with Crippen molar-refractivity contribution in [1.82, 2.24) is 0 Å². The highest BCUT2D eigenvalue weighted by Crippen LogP contribution is 2.42. The minimum absolute atomic E-state index is 0.656. The first-order chi connectivity index (χ1) is 9.26. The van der Waals surface area contributed by atoms with Crippen LogP contribution in [-0.4, -0.2) is 14.2 Å². The Hall–Kier alpha value is -2.42. The summed E-state index contributed by atoms with van der Waals surface area (Å²) in [6.07, 6.45) is 0. The highest BCUT2D eigenvalue weighted by Gasteiger charge is 2.14. The fraction of sp³-hybridized carbons (Fsp3) is 0.125.